The molecule has 0 radical (unpaired) electrons. The number of aliphatic hydroxyl groups excluding tert-OH is 1. The van der Waals surface area contributed by atoms with Crippen LogP contribution in [0.5, 0.6) is 11.5 Å². The number of aromatic hydroxyl groups is 2. The van der Waals surface area contributed by atoms with Gasteiger partial charge in [-0.3, -0.25) is 0 Å². The fourth-order valence-corrected chi connectivity index (χ4v) is 1.20. The number of hydrogen-bond acceptors (Lipinski definition) is 3. The predicted octanol–water partition coefficient (Wildman–Crippen LogP) is 1.33. The monoisotopic (exact) mass is 182 g/mol. The highest BCUT2D eigenvalue weighted by molar-refractivity contribution is 5.45. The van der Waals surface area contributed by atoms with Gasteiger partial charge in [0.15, 0.2) is 0 Å². The summed E-state index contributed by atoms with van der Waals surface area (Å²) in [4.78, 5) is 0. The molecule has 0 aliphatic carbocycles. The second kappa shape index (κ2) is 3.66. The molecule has 0 heterocycles. The topological polar surface area (TPSA) is 60.7 Å². The minimum atomic E-state index is -0.471. The van der Waals surface area contributed by atoms with Crippen molar-refractivity contribution >= 4 is 0 Å². The molecule has 0 saturated carbocycles. The van der Waals surface area contributed by atoms with Crippen LogP contribution in [0, 0.1) is 6.92 Å². The fourth-order valence-electron chi connectivity index (χ4n) is 1.20. The zero-order valence-corrected chi connectivity index (χ0v) is 7.78. The molecule has 3 N–H and O–H groups in total. The molecule has 1 unspecified atom stereocenters. The molecule has 0 fully saturated rings. The van der Waals surface area contributed by atoms with E-state index in [1.165, 1.54) is 0 Å². The van der Waals surface area contributed by atoms with Crippen molar-refractivity contribution in [1.82, 2.24) is 0 Å². The number of benzene rings is 1. The summed E-state index contributed by atoms with van der Waals surface area (Å²) in [5.74, 6) is 0.131. The number of aliphatic hydroxyl groups is 1. The molecule has 1 atom stereocenters. The van der Waals surface area contributed by atoms with Crippen LogP contribution >= 0.6 is 0 Å². The van der Waals surface area contributed by atoms with E-state index in [-0.39, 0.29) is 11.5 Å². The lowest BCUT2D eigenvalue weighted by Gasteiger charge is -2.08. The standard InChI is InChI=1S/C10H14O3/c1-6(11)3-8-4-9(12)7(2)10(13)5-8/h4-6,11-13H,3H2,1-2H3. The Morgan fingerprint density at radius 3 is 2.08 bits per heavy atom. The zero-order chi connectivity index (χ0) is 10.0. The minimum absolute atomic E-state index is 0.0654. The van der Waals surface area contributed by atoms with Gasteiger partial charge in [-0.1, -0.05) is 0 Å². The van der Waals surface area contributed by atoms with E-state index in [2.05, 4.69) is 0 Å². The second-order valence-corrected chi connectivity index (χ2v) is 3.31. The van der Waals surface area contributed by atoms with E-state index in [4.69, 9.17) is 5.11 Å². The summed E-state index contributed by atoms with van der Waals surface area (Å²) in [6.45, 7) is 3.30. The van der Waals surface area contributed by atoms with Crippen LogP contribution in [0.2, 0.25) is 0 Å². The number of phenols is 2. The van der Waals surface area contributed by atoms with Crippen LogP contribution < -0.4 is 0 Å². The molecule has 0 aromatic heterocycles. The molecule has 0 spiro atoms. The molecule has 0 saturated heterocycles. The zero-order valence-electron chi connectivity index (χ0n) is 7.78. The van der Waals surface area contributed by atoms with Crippen molar-refractivity contribution < 1.29 is 15.3 Å². The molecule has 0 bridgehead atoms. The van der Waals surface area contributed by atoms with Crippen molar-refractivity contribution in [2.75, 3.05) is 0 Å². The van der Waals surface area contributed by atoms with Crippen molar-refractivity contribution in [3.63, 3.8) is 0 Å². The van der Waals surface area contributed by atoms with Crippen molar-refractivity contribution in [2.24, 2.45) is 0 Å². The van der Waals surface area contributed by atoms with Crippen LogP contribution in [0.4, 0.5) is 0 Å². The van der Waals surface area contributed by atoms with Crippen molar-refractivity contribution in [3.05, 3.63) is 23.3 Å². The van der Waals surface area contributed by atoms with Gasteiger partial charge >= 0.3 is 0 Å². The molecule has 1 aromatic rings. The summed E-state index contributed by atoms with van der Waals surface area (Å²) in [5.41, 5.74) is 1.20. The van der Waals surface area contributed by atoms with Crippen molar-refractivity contribution in [2.45, 2.75) is 26.4 Å². The van der Waals surface area contributed by atoms with Crippen LogP contribution in [0.15, 0.2) is 12.1 Å². The first kappa shape index (κ1) is 9.86. The maximum atomic E-state index is 9.35. The highest BCUT2D eigenvalue weighted by atomic mass is 16.3. The molecule has 0 aliphatic rings. The Balaban J connectivity index is 2.99. The van der Waals surface area contributed by atoms with Crippen LogP contribution in [-0.2, 0) is 6.42 Å². The van der Waals surface area contributed by atoms with E-state index >= 15 is 0 Å². The largest absolute Gasteiger partial charge is 0.508 e. The summed E-state index contributed by atoms with van der Waals surface area (Å²) >= 11 is 0. The molecule has 1 aromatic carbocycles. The van der Waals surface area contributed by atoms with Gasteiger partial charge in [0.2, 0.25) is 0 Å². The van der Waals surface area contributed by atoms with E-state index in [1.807, 2.05) is 0 Å². The molecule has 0 aliphatic heterocycles. The average molecular weight is 182 g/mol. The van der Waals surface area contributed by atoms with Gasteiger partial charge in [0.05, 0.1) is 6.10 Å². The van der Waals surface area contributed by atoms with E-state index < -0.39 is 6.10 Å². The summed E-state index contributed by atoms with van der Waals surface area (Å²) < 4.78 is 0. The van der Waals surface area contributed by atoms with Gasteiger partial charge in [-0.15, -0.1) is 0 Å². The SMILES string of the molecule is Cc1c(O)cc(CC(C)O)cc1O. The first-order chi connectivity index (χ1) is 6.00. The molecule has 13 heavy (non-hydrogen) atoms. The minimum Gasteiger partial charge on any atom is -0.508 e. The van der Waals surface area contributed by atoms with Gasteiger partial charge in [-0.2, -0.15) is 0 Å². The molecular formula is C10H14O3. The lowest BCUT2D eigenvalue weighted by molar-refractivity contribution is 0.195. The lowest BCUT2D eigenvalue weighted by Crippen LogP contribution is -2.03. The van der Waals surface area contributed by atoms with Crippen LogP contribution in [-0.4, -0.2) is 21.4 Å². The third-order valence-electron chi connectivity index (χ3n) is 1.94. The fraction of sp³-hybridized carbons (Fsp3) is 0.400. The maximum absolute atomic E-state index is 9.35. The molecule has 3 heteroatoms. The van der Waals surface area contributed by atoms with Gasteiger partial charge in [-0.05, 0) is 38.0 Å². The first-order valence-electron chi connectivity index (χ1n) is 4.20. The van der Waals surface area contributed by atoms with Gasteiger partial charge in [0.1, 0.15) is 11.5 Å². The summed E-state index contributed by atoms with van der Waals surface area (Å²) in [7, 11) is 0. The number of rotatable bonds is 2. The van der Waals surface area contributed by atoms with E-state index in [0.717, 1.165) is 5.56 Å². The van der Waals surface area contributed by atoms with Crippen LogP contribution in [0.25, 0.3) is 0 Å². The highest BCUT2D eigenvalue weighted by Gasteiger charge is 2.06. The number of hydrogen-bond donors (Lipinski definition) is 3. The Morgan fingerprint density at radius 2 is 1.69 bits per heavy atom. The highest BCUT2D eigenvalue weighted by Crippen LogP contribution is 2.27. The quantitative estimate of drug-likeness (QED) is 0.646. The maximum Gasteiger partial charge on any atom is 0.122 e. The third kappa shape index (κ3) is 2.36. The van der Waals surface area contributed by atoms with Gasteiger partial charge in [-0.25, -0.2) is 0 Å². The Bertz CT molecular complexity index is 282. The summed E-state index contributed by atoms with van der Waals surface area (Å²) in [6.07, 6.45) is -0.0389. The molecular weight excluding hydrogens is 168 g/mol. The van der Waals surface area contributed by atoms with Crippen molar-refractivity contribution in [1.29, 1.82) is 0 Å². The Hall–Kier alpha value is -1.22. The van der Waals surface area contributed by atoms with Crippen molar-refractivity contribution in [3.8, 4) is 11.5 Å². The molecule has 72 valence electrons. The van der Waals surface area contributed by atoms with Gasteiger partial charge in [0.25, 0.3) is 0 Å². The van der Waals surface area contributed by atoms with Gasteiger partial charge in [0, 0.05) is 5.56 Å². The Kier molecular flexibility index (Phi) is 2.78. The molecule has 0 amide bonds. The van der Waals surface area contributed by atoms with E-state index in [0.29, 0.717) is 12.0 Å². The summed E-state index contributed by atoms with van der Waals surface area (Å²) in [5, 5.41) is 27.8. The van der Waals surface area contributed by atoms with Gasteiger partial charge < -0.3 is 15.3 Å². The summed E-state index contributed by atoms with van der Waals surface area (Å²) in [6, 6.07) is 3.11. The predicted molar refractivity (Wildman–Crippen MR) is 49.9 cm³/mol. The third-order valence-corrected chi connectivity index (χ3v) is 1.94. The second-order valence-electron chi connectivity index (χ2n) is 3.31. The normalized spacial score (nSPS) is 12.8. The average Bonchev–Trinajstić information content (AvgIpc) is 1.98. The smallest absolute Gasteiger partial charge is 0.122 e. The van der Waals surface area contributed by atoms with E-state index in [1.54, 1.807) is 26.0 Å². The Labute approximate surface area is 77.3 Å². The Morgan fingerprint density at radius 1 is 1.23 bits per heavy atom. The first-order valence-corrected chi connectivity index (χ1v) is 4.20. The number of phenolic OH excluding ortho intramolecular Hbond substituents is 2. The molecule has 1 rings (SSSR count). The lowest BCUT2D eigenvalue weighted by atomic mass is 10.1. The molecule has 3 nitrogen and oxygen atoms in total. The van der Waals surface area contributed by atoms with Crippen LogP contribution in [0.1, 0.15) is 18.1 Å². The van der Waals surface area contributed by atoms with E-state index in [9.17, 15) is 10.2 Å². The van der Waals surface area contributed by atoms with Crippen LogP contribution in [0.3, 0.4) is 0 Å².